The highest BCUT2D eigenvalue weighted by atomic mass is 16.4. The highest BCUT2D eigenvalue weighted by Gasteiger charge is 2.11. The largest absolute Gasteiger partial charge is 0.478 e. The van der Waals surface area contributed by atoms with Crippen LogP contribution in [0.5, 0.6) is 0 Å². The molecular formula is C23H23NO4. The lowest BCUT2D eigenvalue weighted by Crippen LogP contribution is -2.15. The minimum Gasteiger partial charge on any atom is -0.478 e. The first-order chi connectivity index (χ1) is 13.3. The van der Waals surface area contributed by atoms with E-state index in [9.17, 15) is 14.4 Å². The molecule has 2 aromatic carbocycles. The van der Waals surface area contributed by atoms with Crippen LogP contribution < -0.4 is 5.32 Å². The van der Waals surface area contributed by atoms with E-state index in [0.29, 0.717) is 17.2 Å². The van der Waals surface area contributed by atoms with Gasteiger partial charge in [-0.2, -0.15) is 0 Å². The van der Waals surface area contributed by atoms with Crippen LogP contribution in [0.3, 0.4) is 0 Å². The maximum Gasteiger partial charge on any atom is 0.331 e. The Kier molecular flexibility index (Phi) is 7.04. The SMILES string of the molecule is C=C(CC(=O)Nc1cccc(C(=O)C=Cc2ccc(C(C)C)cc2)c1)C(=O)O. The Labute approximate surface area is 164 Å². The van der Waals surface area contributed by atoms with E-state index in [0.717, 1.165) is 5.56 Å². The molecule has 1 amide bonds. The van der Waals surface area contributed by atoms with Gasteiger partial charge in [-0.1, -0.05) is 62.9 Å². The number of carboxylic acid groups (broad SMARTS) is 1. The van der Waals surface area contributed by atoms with E-state index in [2.05, 4.69) is 25.7 Å². The third-order valence-corrected chi connectivity index (χ3v) is 4.14. The van der Waals surface area contributed by atoms with Gasteiger partial charge in [0, 0.05) is 16.8 Å². The summed E-state index contributed by atoms with van der Waals surface area (Å²) in [7, 11) is 0. The van der Waals surface area contributed by atoms with Crippen LogP contribution in [-0.4, -0.2) is 22.8 Å². The molecule has 0 spiro atoms. The van der Waals surface area contributed by atoms with Crippen LogP contribution in [0.1, 0.15) is 47.7 Å². The van der Waals surface area contributed by atoms with Gasteiger partial charge in [-0.3, -0.25) is 9.59 Å². The van der Waals surface area contributed by atoms with Crippen molar-refractivity contribution in [1.29, 1.82) is 0 Å². The molecular weight excluding hydrogens is 354 g/mol. The van der Waals surface area contributed by atoms with Gasteiger partial charge in [0.05, 0.1) is 6.42 Å². The number of ketones is 1. The standard InChI is InChI=1S/C23H23NO4/c1-15(2)18-10-7-17(8-11-18)9-12-21(25)19-5-4-6-20(14-19)24-22(26)13-16(3)23(27)28/h4-12,14-15H,3,13H2,1-2H3,(H,24,26)(H,27,28). The Bertz CT molecular complexity index is 924. The third kappa shape index (κ3) is 6.06. The maximum atomic E-state index is 12.4. The molecule has 0 aromatic heterocycles. The molecule has 0 atom stereocenters. The van der Waals surface area contributed by atoms with E-state index in [1.54, 1.807) is 30.3 Å². The number of carbonyl (C=O) groups is 3. The molecule has 0 bridgehead atoms. The zero-order valence-electron chi connectivity index (χ0n) is 15.9. The average molecular weight is 377 g/mol. The average Bonchev–Trinajstić information content (AvgIpc) is 2.66. The van der Waals surface area contributed by atoms with Crippen LogP contribution in [0.25, 0.3) is 6.08 Å². The van der Waals surface area contributed by atoms with Gasteiger partial charge in [-0.15, -0.1) is 0 Å². The Morgan fingerprint density at radius 1 is 1.11 bits per heavy atom. The number of hydrogen-bond donors (Lipinski definition) is 2. The summed E-state index contributed by atoms with van der Waals surface area (Å²) in [6, 6.07) is 14.5. The first-order valence-corrected chi connectivity index (χ1v) is 8.89. The van der Waals surface area contributed by atoms with Gasteiger partial charge in [0.1, 0.15) is 0 Å². The predicted molar refractivity (Wildman–Crippen MR) is 110 cm³/mol. The Morgan fingerprint density at radius 2 is 1.79 bits per heavy atom. The molecule has 0 saturated carbocycles. The van der Waals surface area contributed by atoms with Crippen molar-refractivity contribution in [2.45, 2.75) is 26.2 Å². The van der Waals surface area contributed by atoms with Crippen molar-refractivity contribution in [3.63, 3.8) is 0 Å². The topological polar surface area (TPSA) is 83.5 Å². The molecule has 144 valence electrons. The Balaban J connectivity index is 2.04. The highest BCUT2D eigenvalue weighted by molar-refractivity contribution is 6.08. The van der Waals surface area contributed by atoms with E-state index >= 15 is 0 Å². The van der Waals surface area contributed by atoms with Crippen molar-refractivity contribution in [2.75, 3.05) is 5.32 Å². The number of anilines is 1. The quantitative estimate of drug-likeness (QED) is 0.517. The lowest BCUT2D eigenvalue weighted by Gasteiger charge is -2.06. The van der Waals surface area contributed by atoms with Crippen molar-refractivity contribution in [2.24, 2.45) is 0 Å². The van der Waals surface area contributed by atoms with Crippen LogP contribution in [-0.2, 0) is 9.59 Å². The van der Waals surface area contributed by atoms with Gasteiger partial charge in [-0.25, -0.2) is 4.79 Å². The zero-order valence-corrected chi connectivity index (χ0v) is 15.9. The second-order valence-corrected chi connectivity index (χ2v) is 6.73. The van der Waals surface area contributed by atoms with E-state index in [-0.39, 0.29) is 17.8 Å². The number of amides is 1. The summed E-state index contributed by atoms with van der Waals surface area (Å²) < 4.78 is 0. The lowest BCUT2D eigenvalue weighted by atomic mass is 10.0. The number of carboxylic acids is 1. The van der Waals surface area contributed by atoms with Gasteiger partial charge < -0.3 is 10.4 Å². The minimum absolute atomic E-state index is 0.195. The van der Waals surface area contributed by atoms with Crippen molar-refractivity contribution in [1.82, 2.24) is 0 Å². The first-order valence-electron chi connectivity index (χ1n) is 8.89. The van der Waals surface area contributed by atoms with E-state index in [1.807, 2.05) is 24.3 Å². The molecule has 0 aliphatic rings. The fourth-order valence-corrected chi connectivity index (χ4v) is 2.48. The normalized spacial score (nSPS) is 10.8. The van der Waals surface area contributed by atoms with E-state index in [1.165, 1.54) is 11.6 Å². The lowest BCUT2D eigenvalue weighted by molar-refractivity contribution is -0.133. The molecule has 5 nitrogen and oxygen atoms in total. The maximum absolute atomic E-state index is 12.4. The Hall–Kier alpha value is -3.47. The fraction of sp³-hybridized carbons (Fsp3) is 0.174. The summed E-state index contributed by atoms with van der Waals surface area (Å²) in [6.45, 7) is 7.57. The summed E-state index contributed by atoms with van der Waals surface area (Å²) in [5.74, 6) is -1.47. The minimum atomic E-state index is -1.22. The third-order valence-electron chi connectivity index (χ3n) is 4.14. The van der Waals surface area contributed by atoms with Crippen LogP contribution in [0.15, 0.2) is 66.8 Å². The Morgan fingerprint density at radius 3 is 2.39 bits per heavy atom. The van der Waals surface area contributed by atoms with Crippen LogP contribution in [0, 0.1) is 0 Å². The van der Waals surface area contributed by atoms with Gasteiger partial charge in [0.25, 0.3) is 0 Å². The summed E-state index contributed by atoms with van der Waals surface area (Å²) in [6.07, 6.45) is 2.91. The molecule has 28 heavy (non-hydrogen) atoms. The van der Waals surface area contributed by atoms with Crippen molar-refractivity contribution < 1.29 is 19.5 Å². The van der Waals surface area contributed by atoms with E-state index in [4.69, 9.17) is 5.11 Å². The monoisotopic (exact) mass is 377 g/mol. The molecule has 2 N–H and O–H groups in total. The summed E-state index contributed by atoms with van der Waals surface area (Å²) in [5.41, 5.74) is 2.80. The molecule has 2 rings (SSSR count). The van der Waals surface area contributed by atoms with Gasteiger partial charge >= 0.3 is 5.97 Å². The molecule has 0 aliphatic heterocycles. The van der Waals surface area contributed by atoms with Crippen LogP contribution in [0.4, 0.5) is 5.69 Å². The summed E-state index contributed by atoms with van der Waals surface area (Å²) >= 11 is 0. The van der Waals surface area contributed by atoms with Gasteiger partial charge in [-0.05, 0) is 35.3 Å². The number of hydrogen-bond acceptors (Lipinski definition) is 3. The second kappa shape index (κ2) is 9.46. The molecule has 5 heteroatoms. The van der Waals surface area contributed by atoms with Crippen LogP contribution >= 0.6 is 0 Å². The first kappa shape index (κ1) is 20.8. The predicted octanol–water partition coefficient (Wildman–Crippen LogP) is 4.68. The van der Waals surface area contributed by atoms with E-state index < -0.39 is 11.9 Å². The number of aliphatic carboxylic acids is 1. The number of carbonyl (C=O) groups excluding carboxylic acids is 2. The molecule has 0 radical (unpaired) electrons. The van der Waals surface area contributed by atoms with Crippen molar-refractivity contribution in [3.8, 4) is 0 Å². The number of rotatable bonds is 8. The number of nitrogens with one attached hydrogen (secondary N) is 1. The zero-order chi connectivity index (χ0) is 20.7. The fourth-order valence-electron chi connectivity index (χ4n) is 2.48. The second-order valence-electron chi connectivity index (χ2n) is 6.73. The summed E-state index contributed by atoms with van der Waals surface area (Å²) in [4.78, 5) is 35.0. The molecule has 0 unspecified atom stereocenters. The molecule has 0 fully saturated rings. The van der Waals surface area contributed by atoms with Crippen molar-refractivity contribution >= 4 is 29.4 Å². The molecule has 0 aliphatic carbocycles. The number of benzene rings is 2. The van der Waals surface area contributed by atoms with Gasteiger partial charge in [0.2, 0.25) is 5.91 Å². The molecule has 2 aromatic rings. The molecule has 0 heterocycles. The smallest absolute Gasteiger partial charge is 0.331 e. The highest BCUT2D eigenvalue weighted by Crippen LogP contribution is 2.16. The molecule has 0 saturated heterocycles. The summed E-state index contributed by atoms with van der Waals surface area (Å²) in [5, 5.41) is 11.4. The van der Waals surface area contributed by atoms with Crippen molar-refractivity contribution in [3.05, 3.63) is 83.4 Å². The number of allylic oxidation sites excluding steroid dienone is 1. The van der Waals surface area contributed by atoms with Crippen LogP contribution in [0.2, 0.25) is 0 Å². The van der Waals surface area contributed by atoms with Gasteiger partial charge in [0.15, 0.2) is 5.78 Å².